The number of likely N-dealkylation sites (N-methyl/N-ethyl adjacent to an activating group) is 1. The Labute approximate surface area is 233 Å². The van der Waals surface area contributed by atoms with E-state index >= 15 is 4.39 Å². The van der Waals surface area contributed by atoms with Crippen molar-refractivity contribution in [2.75, 3.05) is 38.1 Å². The van der Waals surface area contributed by atoms with Gasteiger partial charge in [0.1, 0.15) is 23.6 Å². The molecule has 0 atom stereocenters. The molecule has 2 aliphatic rings. The summed E-state index contributed by atoms with van der Waals surface area (Å²) in [4.78, 5) is 22.0. The van der Waals surface area contributed by atoms with Crippen LogP contribution in [0.15, 0.2) is 51.4 Å². The summed E-state index contributed by atoms with van der Waals surface area (Å²) in [7, 11) is 1.99. The third-order valence-corrected chi connectivity index (χ3v) is 7.95. The highest BCUT2D eigenvalue weighted by Gasteiger charge is 2.23. The van der Waals surface area contributed by atoms with Crippen LogP contribution in [-0.2, 0) is 6.54 Å². The molecule has 3 heterocycles. The van der Waals surface area contributed by atoms with Gasteiger partial charge in [-0.1, -0.05) is 16.8 Å². The van der Waals surface area contributed by atoms with E-state index in [0.29, 0.717) is 50.0 Å². The van der Waals surface area contributed by atoms with E-state index in [2.05, 4.69) is 15.0 Å². The van der Waals surface area contributed by atoms with Gasteiger partial charge in [-0.2, -0.15) is 4.98 Å². The van der Waals surface area contributed by atoms with Gasteiger partial charge in [0, 0.05) is 49.4 Å². The summed E-state index contributed by atoms with van der Waals surface area (Å²) < 4.78 is 65.3. The molecule has 0 spiro atoms. The van der Waals surface area contributed by atoms with Crippen molar-refractivity contribution in [3.63, 3.8) is 0 Å². The number of fused-ring (bicyclic) bond motifs is 1. The van der Waals surface area contributed by atoms with E-state index in [1.54, 1.807) is 12.1 Å². The average molecular weight is 568 g/mol. The minimum Gasteiger partial charge on any atom is -0.367 e. The topological polar surface area (TPSA) is 67.4 Å². The number of alkyl halides is 1. The standard InChI is InChI=1S/C30H29F4N5O2/c1-37-9-11-38(12-10-37)27-15-26-20(14-25(27)34)29(40)22(17-39(26)16-21-23(32)3-2-4-24(21)33)30-35-28(41-36-30)13-18-5-7-19(31)8-6-18/h2-4,13-15,17,19H,5-12,16H2,1H3. The second-order valence-electron chi connectivity index (χ2n) is 10.7. The zero-order valence-electron chi connectivity index (χ0n) is 22.5. The number of hydrogen-bond acceptors (Lipinski definition) is 6. The van der Waals surface area contributed by atoms with Gasteiger partial charge >= 0.3 is 0 Å². The zero-order valence-corrected chi connectivity index (χ0v) is 22.5. The van der Waals surface area contributed by atoms with E-state index in [1.165, 1.54) is 22.9 Å². The normalized spacial score (nSPS) is 18.3. The van der Waals surface area contributed by atoms with Gasteiger partial charge in [-0.3, -0.25) is 4.79 Å². The SMILES string of the molecule is CN1CCN(c2cc3c(cc2F)c(=O)c(-c2noc(C=C4CCC(F)CC4)n2)cn3Cc2c(F)cccc2F)CC1. The summed E-state index contributed by atoms with van der Waals surface area (Å²) in [5, 5.41) is 3.99. The van der Waals surface area contributed by atoms with E-state index in [0.717, 1.165) is 30.8 Å². The van der Waals surface area contributed by atoms with Crippen LogP contribution in [0, 0.1) is 17.5 Å². The molecule has 0 N–H and O–H groups in total. The molecule has 1 aliphatic carbocycles. The molecule has 1 saturated heterocycles. The number of halogens is 4. The van der Waals surface area contributed by atoms with Crippen LogP contribution in [0.2, 0.25) is 0 Å². The second kappa shape index (κ2) is 11.1. The van der Waals surface area contributed by atoms with Crippen LogP contribution in [-0.4, -0.2) is 59.0 Å². The van der Waals surface area contributed by atoms with Gasteiger partial charge in [0.05, 0.1) is 23.3 Å². The molecular weight excluding hydrogens is 538 g/mol. The van der Waals surface area contributed by atoms with Gasteiger partial charge < -0.3 is 18.9 Å². The Morgan fingerprint density at radius 1 is 1.02 bits per heavy atom. The number of pyridine rings is 1. The fraction of sp³-hybridized carbons (Fsp3) is 0.367. The molecule has 2 fully saturated rings. The van der Waals surface area contributed by atoms with Crippen molar-refractivity contribution < 1.29 is 22.1 Å². The highest BCUT2D eigenvalue weighted by atomic mass is 19.1. The molecule has 0 radical (unpaired) electrons. The van der Waals surface area contributed by atoms with Crippen molar-refractivity contribution in [2.24, 2.45) is 0 Å². The molecule has 41 heavy (non-hydrogen) atoms. The van der Waals surface area contributed by atoms with Crippen molar-refractivity contribution in [1.29, 1.82) is 0 Å². The molecule has 2 aromatic heterocycles. The predicted molar refractivity (Wildman–Crippen MR) is 148 cm³/mol. The summed E-state index contributed by atoms with van der Waals surface area (Å²) in [6.45, 7) is 2.42. The maximum absolute atomic E-state index is 15.5. The van der Waals surface area contributed by atoms with Crippen LogP contribution in [0.5, 0.6) is 0 Å². The summed E-state index contributed by atoms with van der Waals surface area (Å²) >= 11 is 0. The maximum atomic E-state index is 15.5. The molecular formula is C30H29F4N5O2. The molecule has 1 aliphatic heterocycles. The van der Waals surface area contributed by atoms with Crippen molar-refractivity contribution >= 4 is 22.7 Å². The molecule has 0 unspecified atom stereocenters. The van der Waals surface area contributed by atoms with Crippen molar-refractivity contribution in [3.05, 3.63) is 81.2 Å². The van der Waals surface area contributed by atoms with E-state index < -0.39 is 29.1 Å². The maximum Gasteiger partial charge on any atom is 0.250 e. The molecule has 6 rings (SSSR count). The fourth-order valence-corrected chi connectivity index (χ4v) is 5.51. The molecule has 7 nitrogen and oxygen atoms in total. The Hall–Kier alpha value is -3.99. The minimum absolute atomic E-state index is 0.00172. The fourth-order valence-electron chi connectivity index (χ4n) is 5.51. The molecule has 4 aromatic rings. The largest absolute Gasteiger partial charge is 0.367 e. The van der Waals surface area contributed by atoms with Crippen LogP contribution in [0.1, 0.15) is 37.1 Å². The van der Waals surface area contributed by atoms with Gasteiger partial charge in [0.25, 0.3) is 5.89 Å². The Kier molecular flexibility index (Phi) is 7.37. The lowest BCUT2D eigenvalue weighted by molar-refractivity contribution is 0.276. The number of allylic oxidation sites excluding steroid dienone is 1. The van der Waals surface area contributed by atoms with Gasteiger partial charge in [0.2, 0.25) is 11.3 Å². The first-order chi connectivity index (χ1) is 19.8. The number of benzene rings is 2. The zero-order chi connectivity index (χ0) is 28.7. The highest BCUT2D eigenvalue weighted by molar-refractivity contribution is 5.86. The summed E-state index contributed by atoms with van der Waals surface area (Å²) in [5.41, 5.74) is 0.880. The lowest BCUT2D eigenvalue weighted by Crippen LogP contribution is -2.44. The Balaban J connectivity index is 1.46. The molecule has 0 bridgehead atoms. The summed E-state index contributed by atoms with van der Waals surface area (Å²) in [5.74, 6) is -1.92. The number of nitrogens with zero attached hydrogens (tertiary/aromatic N) is 5. The lowest BCUT2D eigenvalue weighted by Gasteiger charge is -2.34. The monoisotopic (exact) mass is 567 g/mol. The van der Waals surface area contributed by atoms with Crippen molar-refractivity contribution in [2.45, 2.75) is 38.4 Å². The van der Waals surface area contributed by atoms with Crippen LogP contribution >= 0.6 is 0 Å². The van der Waals surface area contributed by atoms with Gasteiger partial charge in [-0.25, -0.2) is 17.6 Å². The molecule has 214 valence electrons. The number of hydrogen-bond donors (Lipinski definition) is 0. The Morgan fingerprint density at radius 3 is 2.44 bits per heavy atom. The second-order valence-corrected chi connectivity index (χ2v) is 10.7. The van der Waals surface area contributed by atoms with Crippen LogP contribution in [0.3, 0.4) is 0 Å². The smallest absolute Gasteiger partial charge is 0.250 e. The van der Waals surface area contributed by atoms with Crippen LogP contribution < -0.4 is 10.3 Å². The first-order valence-corrected chi connectivity index (χ1v) is 13.7. The molecule has 11 heteroatoms. The van der Waals surface area contributed by atoms with Gasteiger partial charge in [0.15, 0.2) is 0 Å². The first-order valence-electron chi connectivity index (χ1n) is 13.7. The summed E-state index contributed by atoms with van der Waals surface area (Å²) in [6.07, 6.45) is 4.30. The third kappa shape index (κ3) is 5.50. The van der Waals surface area contributed by atoms with Crippen molar-refractivity contribution in [1.82, 2.24) is 19.6 Å². The van der Waals surface area contributed by atoms with Gasteiger partial charge in [-0.05, 0) is 57.0 Å². The quantitative estimate of drug-likeness (QED) is 0.294. The first kappa shape index (κ1) is 27.2. The average Bonchev–Trinajstić information content (AvgIpc) is 3.42. The molecule has 2 aromatic carbocycles. The van der Waals surface area contributed by atoms with E-state index in [9.17, 15) is 18.0 Å². The lowest BCUT2D eigenvalue weighted by atomic mass is 9.93. The van der Waals surface area contributed by atoms with Crippen LogP contribution in [0.25, 0.3) is 28.4 Å². The number of anilines is 1. The third-order valence-electron chi connectivity index (χ3n) is 7.95. The Bertz CT molecular complexity index is 1660. The molecule has 1 saturated carbocycles. The number of aromatic nitrogens is 3. The van der Waals surface area contributed by atoms with Gasteiger partial charge in [-0.15, -0.1) is 0 Å². The minimum atomic E-state index is -0.821. The van der Waals surface area contributed by atoms with E-state index in [4.69, 9.17) is 4.52 Å². The van der Waals surface area contributed by atoms with Crippen LogP contribution in [0.4, 0.5) is 23.2 Å². The summed E-state index contributed by atoms with van der Waals surface area (Å²) in [6, 6.07) is 6.33. The highest BCUT2D eigenvalue weighted by Crippen LogP contribution is 2.30. The molecule has 0 amide bonds. The number of piperazine rings is 1. The van der Waals surface area contributed by atoms with Crippen molar-refractivity contribution in [3.8, 4) is 11.4 Å². The Morgan fingerprint density at radius 2 is 1.73 bits per heavy atom. The number of rotatable bonds is 5. The van der Waals surface area contributed by atoms with E-state index in [1.807, 2.05) is 11.9 Å². The predicted octanol–water partition coefficient (Wildman–Crippen LogP) is 5.56. The van der Waals surface area contributed by atoms with E-state index in [-0.39, 0.29) is 34.8 Å².